The molecule has 5 heteroatoms. The van der Waals surface area contributed by atoms with Crippen molar-refractivity contribution in [2.75, 3.05) is 38.0 Å². The largest absolute Gasteiger partial charge is 0.343 e. The Morgan fingerprint density at radius 2 is 1.71 bits per heavy atom. The highest BCUT2D eigenvalue weighted by atomic mass is 16.2. The van der Waals surface area contributed by atoms with E-state index in [4.69, 9.17) is 0 Å². The van der Waals surface area contributed by atoms with Crippen LogP contribution in [-0.2, 0) is 9.59 Å². The van der Waals surface area contributed by atoms with Crippen molar-refractivity contribution in [1.82, 2.24) is 9.80 Å². The van der Waals surface area contributed by atoms with Gasteiger partial charge in [-0.25, -0.2) is 0 Å². The molecule has 1 aromatic carbocycles. The molecule has 1 fully saturated rings. The number of benzene rings is 1. The highest BCUT2D eigenvalue weighted by molar-refractivity contribution is 5.93. The molecule has 0 unspecified atom stereocenters. The van der Waals surface area contributed by atoms with Crippen LogP contribution in [0.2, 0.25) is 0 Å². The highest BCUT2D eigenvalue weighted by Crippen LogP contribution is 2.21. The smallest absolute Gasteiger partial charge is 0.238 e. The van der Waals surface area contributed by atoms with E-state index >= 15 is 0 Å². The SMILES string of the molecule is Cc1cc(C)c(NC(=O)CN2CCN(C=O)CC2)c(C)c1. The Morgan fingerprint density at radius 3 is 2.24 bits per heavy atom. The Balaban J connectivity index is 1.92. The molecule has 2 rings (SSSR count). The van der Waals surface area contributed by atoms with Crippen LogP contribution in [0.1, 0.15) is 16.7 Å². The van der Waals surface area contributed by atoms with Crippen LogP contribution in [0.25, 0.3) is 0 Å². The maximum Gasteiger partial charge on any atom is 0.238 e. The van der Waals surface area contributed by atoms with Gasteiger partial charge in [-0.2, -0.15) is 0 Å². The van der Waals surface area contributed by atoms with Gasteiger partial charge in [0.2, 0.25) is 12.3 Å². The third-order valence-corrected chi connectivity index (χ3v) is 3.86. The maximum atomic E-state index is 12.2. The van der Waals surface area contributed by atoms with Gasteiger partial charge in [-0.3, -0.25) is 14.5 Å². The number of nitrogens with zero attached hydrogens (tertiary/aromatic N) is 2. The molecule has 1 aliphatic heterocycles. The number of carbonyl (C=O) groups excluding carboxylic acids is 2. The summed E-state index contributed by atoms with van der Waals surface area (Å²) in [6.45, 7) is 9.34. The minimum atomic E-state index is 0.00426. The summed E-state index contributed by atoms with van der Waals surface area (Å²) in [5.74, 6) is 0.00426. The second kappa shape index (κ2) is 6.72. The number of nitrogens with one attached hydrogen (secondary N) is 1. The van der Waals surface area contributed by atoms with Crippen LogP contribution in [0, 0.1) is 20.8 Å². The van der Waals surface area contributed by atoms with Gasteiger partial charge in [0.1, 0.15) is 0 Å². The fraction of sp³-hybridized carbons (Fsp3) is 0.500. The standard InChI is InChI=1S/C16H23N3O2/c1-12-8-13(2)16(14(3)9-12)17-15(21)10-18-4-6-19(11-20)7-5-18/h8-9,11H,4-7,10H2,1-3H3,(H,17,21). The van der Waals surface area contributed by atoms with Crippen molar-refractivity contribution in [3.8, 4) is 0 Å². The van der Waals surface area contributed by atoms with E-state index in [0.717, 1.165) is 36.3 Å². The number of amides is 2. The molecule has 21 heavy (non-hydrogen) atoms. The predicted octanol–water partition coefficient (Wildman–Crippen LogP) is 1.32. The average molecular weight is 289 g/mol. The summed E-state index contributed by atoms with van der Waals surface area (Å²) < 4.78 is 0. The fourth-order valence-electron chi connectivity index (χ4n) is 2.79. The van der Waals surface area contributed by atoms with E-state index in [1.54, 1.807) is 4.90 Å². The Bertz CT molecular complexity index is 511. The lowest BCUT2D eigenvalue weighted by atomic mass is 10.1. The number of aryl methyl sites for hydroxylation is 3. The first-order valence-corrected chi connectivity index (χ1v) is 7.29. The number of hydrogen-bond donors (Lipinski definition) is 1. The molecule has 1 saturated heterocycles. The van der Waals surface area contributed by atoms with Crippen LogP contribution in [-0.4, -0.2) is 54.8 Å². The summed E-state index contributed by atoms with van der Waals surface area (Å²) >= 11 is 0. The van der Waals surface area contributed by atoms with Gasteiger partial charge in [0.25, 0.3) is 0 Å². The highest BCUT2D eigenvalue weighted by Gasteiger charge is 2.18. The summed E-state index contributed by atoms with van der Waals surface area (Å²) in [5, 5.41) is 3.01. The number of piperazine rings is 1. The van der Waals surface area contributed by atoms with Gasteiger partial charge in [0.15, 0.2) is 0 Å². The molecule has 1 N–H and O–H groups in total. The lowest BCUT2D eigenvalue weighted by Gasteiger charge is -2.32. The Hall–Kier alpha value is -1.88. The van der Waals surface area contributed by atoms with Gasteiger partial charge in [-0.1, -0.05) is 17.7 Å². The first-order valence-electron chi connectivity index (χ1n) is 7.29. The van der Waals surface area contributed by atoms with E-state index in [9.17, 15) is 9.59 Å². The summed E-state index contributed by atoms with van der Waals surface area (Å²) in [5.41, 5.74) is 4.29. The zero-order chi connectivity index (χ0) is 15.4. The van der Waals surface area contributed by atoms with Gasteiger partial charge < -0.3 is 10.2 Å². The van der Waals surface area contributed by atoms with Gasteiger partial charge in [0.05, 0.1) is 6.54 Å². The molecule has 2 amide bonds. The van der Waals surface area contributed by atoms with E-state index < -0.39 is 0 Å². The zero-order valence-corrected chi connectivity index (χ0v) is 13.0. The first kappa shape index (κ1) is 15.5. The molecule has 5 nitrogen and oxygen atoms in total. The number of anilines is 1. The zero-order valence-electron chi connectivity index (χ0n) is 13.0. The van der Waals surface area contributed by atoms with Crippen LogP contribution in [0.15, 0.2) is 12.1 Å². The molecule has 0 atom stereocenters. The van der Waals surface area contributed by atoms with Crippen LogP contribution < -0.4 is 5.32 Å². The molecule has 0 bridgehead atoms. The van der Waals surface area contributed by atoms with Gasteiger partial charge in [0, 0.05) is 31.9 Å². The normalized spacial score (nSPS) is 15.9. The lowest BCUT2D eigenvalue weighted by molar-refractivity contribution is -0.120. The lowest BCUT2D eigenvalue weighted by Crippen LogP contribution is -2.48. The van der Waals surface area contributed by atoms with E-state index in [2.05, 4.69) is 29.3 Å². The number of rotatable bonds is 4. The molecule has 1 aliphatic rings. The van der Waals surface area contributed by atoms with Gasteiger partial charge in [-0.05, 0) is 31.9 Å². The molecule has 0 aliphatic carbocycles. The minimum absolute atomic E-state index is 0.00426. The second-order valence-electron chi connectivity index (χ2n) is 5.74. The molecule has 0 aromatic heterocycles. The third kappa shape index (κ3) is 4.04. The van der Waals surface area contributed by atoms with Crippen molar-refractivity contribution in [2.45, 2.75) is 20.8 Å². The molecular formula is C16H23N3O2. The summed E-state index contributed by atoms with van der Waals surface area (Å²) in [6, 6.07) is 4.15. The Labute approximate surface area is 125 Å². The van der Waals surface area contributed by atoms with Crippen molar-refractivity contribution in [2.24, 2.45) is 0 Å². The second-order valence-corrected chi connectivity index (χ2v) is 5.74. The molecular weight excluding hydrogens is 266 g/mol. The molecule has 114 valence electrons. The van der Waals surface area contributed by atoms with Crippen molar-refractivity contribution in [1.29, 1.82) is 0 Å². The molecule has 0 radical (unpaired) electrons. The maximum absolute atomic E-state index is 12.2. The fourth-order valence-corrected chi connectivity index (χ4v) is 2.79. The summed E-state index contributed by atoms with van der Waals surface area (Å²) in [4.78, 5) is 26.7. The third-order valence-electron chi connectivity index (χ3n) is 3.86. The van der Waals surface area contributed by atoms with E-state index in [0.29, 0.717) is 19.6 Å². The minimum Gasteiger partial charge on any atom is -0.343 e. The molecule has 0 saturated carbocycles. The van der Waals surface area contributed by atoms with Gasteiger partial charge in [-0.15, -0.1) is 0 Å². The molecule has 1 heterocycles. The number of carbonyl (C=O) groups is 2. The monoisotopic (exact) mass is 289 g/mol. The summed E-state index contributed by atoms with van der Waals surface area (Å²) in [7, 11) is 0. The quantitative estimate of drug-likeness (QED) is 0.851. The Kier molecular flexibility index (Phi) is 4.96. The molecule has 0 spiro atoms. The van der Waals surface area contributed by atoms with Crippen LogP contribution >= 0.6 is 0 Å². The van der Waals surface area contributed by atoms with Crippen LogP contribution in [0.3, 0.4) is 0 Å². The molecule has 1 aromatic rings. The van der Waals surface area contributed by atoms with Crippen molar-refractivity contribution >= 4 is 18.0 Å². The number of hydrogen-bond acceptors (Lipinski definition) is 3. The van der Waals surface area contributed by atoms with E-state index in [1.165, 1.54) is 5.56 Å². The first-order chi connectivity index (χ1) is 9.99. The van der Waals surface area contributed by atoms with Crippen LogP contribution in [0.4, 0.5) is 5.69 Å². The predicted molar refractivity (Wildman–Crippen MR) is 83.4 cm³/mol. The van der Waals surface area contributed by atoms with Crippen molar-refractivity contribution in [3.05, 3.63) is 28.8 Å². The average Bonchev–Trinajstić information content (AvgIpc) is 2.43. The summed E-state index contributed by atoms with van der Waals surface area (Å²) in [6.07, 6.45) is 0.871. The Morgan fingerprint density at radius 1 is 1.14 bits per heavy atom. The van der Waals surface area contributed by atoms with Crippen molar-refractivity contribution in [3.63, 3.8) is 0 Å². The topological polar surface area (TPSA) is 52.7 Å². The van der Waals surface area contributed by atoms with Crippen LogP contribution in [0.5, 0.6) is 0 Å². The van der Waals surface area contributed by atoms with Crippen molar-refractivity contribution < 1.29 is 9.59 Å². The van der Waals surface area contributed by atoms with Gasteiger partial charge >= 0.3 is 0 Å². The van der Waals surface area contributed by atoms with E-state index in [1.807, 2.05) is 13.8 Å². The van der Waals surface area contributed by atoms with E-state index in [-0.39, 0.29) is 5.91 Å².